The minimum absolute atomic E-state index is 0.719. The van der Waals surface area contributed by atoms with Gasteiger partial charge < -0.3 is 10.8 Å². The third kappa shape index (κ3) is 1.52. The molecule has 2 aromatic carbocycles. The second-order valence-corrected chi connectivity index (χ2v) is 4.52. The van der Waals surface area contributed by atoms with E-state index >= 15 is 0 Å². The fourth-order valence-corrected chi connectivity index (χ4v) is 2.61. The average molecular weight is 239 g/mol. The minimum atomic E-state index is -0.987. The summed E-state index contributed by atoms with van der Waals surface area (Å²) in [6.45, 7) is 0. The average Bonchev–Trinajstić information content (AvgIpc) is 2.76. The second kappa shape index (κ2) is 3.96. The summed E-state index contributed by atoms with van der Waals surface area (Å²) in [5.41, 5.74) is 11.0. The number of aliphatic carboxylic acids is 1. The van der Waals surface area contributed by atoms with E-state index in [4.69, 9.17) is 10.8 Å². The summed E-state index contributed by atoms with van der Waals surface area (Å²) in [7, 11) is 0. The fraction of sp³-hybridized carbons (Fsp3) is 0.133. The summed E-state index contributed by atoms with van der Waals surface area (Å²) in [5, 5.41) is 9.06. The molecule has 3 N–H and O–H groups in total. The number of hydrogen-bond donors (Lipinski definition) is 2. The number of carboxylic acids is 1. The van der Waals surface area contributed by atoms with Gasteiger partial charge in [-0.2, -0.15) is 0 Å². The standard InChI is InChI=1S/C15H13NO2/c16-14(15(17)18)12-7-3-6-11-10-5-2-1-4-9(10)8-13(11)12/h1-7,14H,8,16H2,(H,17,18). The van der Waals surface area contributed by atoms with Gasteiger partial charge in [0.05, 0.1) is 0 Å². The second-order valence-electron chi connectivity index (χ2n) is 4.52. The van der Waals surface area contributed by atoms with Crippen LogP contribution in [0.5, 0.6) is 0 Å². The summed E-state index contributed by atoms with van der Waals surface area (Å²) in [5.74, 6) is -0.987. The van der Waals surface area contributed by atoms with Crippen molar-refractivity contribution in [2.45, 2.75) is 12.5 Å². The SMILES string of the molecule is NC(C(=O)O)c1cccc2c1Cc1ccccc1-2. The first kappa shape index (κ1) is 11.0. The van der Waals surface area contributed by atoms with Crippen LogP contribution in [-0.4, -0.2) is 11.1 Å². The van der Waals surface area contributed by atoms with E-state index in [1.807, 2.05) is 30.3 Å². The molecule has 0 aromatic heterocycles. The van der Waals surface area contributed by atoms with E-state index < -0.39 is 12.0 Å². The zero-order valence-corrected chi connectivity index (χ0v) is 9.76. The van der Waals surface area contributed by atoms with E-state index in [2.05, 4.69) is 12.1 Å². The Bertz CT molecular complexity index is 634. The quantitative estimate of drug-likeness (QED) is 0.721. The van der Waals surface area contributed by atoms with E-state index in [1.165, 1.54) is 11.1 Å². The molecule has 0 heterocycles. The molecule has 0 saturated heterocycles. The summed E-state index contributed by atoms with van der Waals surface area (Å²) < 4.78 is 0. The lowest BCUT2D eigenvalue weighted by Gasteiger charge is -2.12. The van der Waals surface area contributed by atoms with Gasteiger partial charge in [-0.05, 0) is 34.2 Å². The molecule has 18 heavy (non-hydrogen) atoms. The van der Waals surface area contributed by atoms with E-state index in [1.54, 1.807) is 0 Å². The van der Waals surface area contributed by atoms with Gasteiger partial charge >= 0.3 is 5.97 Å². The molecule has 1 unspecified atom stereocenters. The van der Waals surface area contributed by atoms with Crippen LogP contribution < -0.4 is 5.73 Å². The topological polar surface area (TPSA) is 63.3 Å². The Morgan fingerprint density at radius 3 is 2.61 bits per heavy atom. The molecular weight excluding hydrogens is 226 g/mol. The highest BCUT2D eigenvalue weighted by Crippen LogP contribution is 2.39. The molecule has 90 valence electrons. The first-order valence-corrected chi connectivity index (χ1v) is 5.87. The van der Waals surface area contributed by atoms with Crippen molar-refractivity contribution in [2.24, 2.45) is 5.73 Å². The smallest absolute Gasteiger partial charge is 0.325 e. The molecule has 3 heteroatoms. The number of fused-ring (bicyclic) bond motifs is 3. The molecule has 0 aliphatic heterocycles. The Hall–Kier alpha value is -2.13. The van der Waals surface area contributed by atoms with Crippen molar-refractivity contribution >= 4 is 5.97 Å². The minimum Gasteiger partial charge on any atom is -0.480 e. The Morgan fingerprint density at radius 2 is 1.83 bits per heavy atom. The number of carbonyl (C=O) groups is 1. The van der Waals surface area contributed by atoms with Crippen molar-refractivity contribution in [1.29, 1.82) is 0 Å². The molecule has 1 atom stereocenters. The largest absolute Gasteiger partial charge is 0.480 e. The molecule has 0 spiro atoms. The lowest BCUT2D eigenvalue weighted by atomic mass is 9.96. The lowest BCUT2D eigenvalue weighted by Crippen LogP contribution is -2.21. The van der Waals surface area contributed by atoms with Gasteiger partial charge in [0, 0.05) is 0 Å². The maximum absolute atomic E-state index is 11.0. The van der Waals surface area contributed by atoms with Crippen LogP contribution in [0, 0.1) is 0 Å². The van der Waals surface area contributed by atoms with Gasteiger partial charge in [0.2, 0.25) is 0 Å². The molecule has 3 nitrogen and oxygen atoms in total. The fourth-order valence-electron chi connectivity index (χ4n) is 2.61. The molecule has 1 aliphatic carbocycles. The first-order chi connectivity index (χ1) is 8.68. The molecule has 1 aliphatic rings. The van der Waals surface area contributed by atoms with E-state index in [9.17, 15) is 4.79 Å². The normalized spacial score (nSPS) is 13.8. The molecule has 3 rings (SSSR count). The van der Waals surface area contributed by atoms with E-state index in [0.29, 0.717) is 0 Å². The Morgan fingerprint density at radius 1 is 1.11 bits per heavy atom. The van der Waals surface area contributed by atoms with Crippen molar-refractivity contribution in [3.63, 3.8) is 0 Å². The molecule has 0 bridgehead atoms. The van der Waals surface area contributed by atoms with Gasteiger partial charge in [0.1, 0.15) is 6.04 Å². The van der Waals surface area contributed by atoms with Crippen LogP contribution in [0.2, 0.25) is 0 Å². The Kier molecular flexibility index (Phi) is 2.42. The molecule has 0 saturated carbocycles. The van der Waals surface area contributed by atoms with Gasteiger partial charge in [0.15, 0.2) is 0 Å². The predicted octanol–water partition coefficient (Wildman–Crippen LogP) is 2.34. The van der Waals surface area contributed by atoms with E-state index in [-0.39, 0.29) is 0 Å². The summed E-state index contributed by atoms with van der Waals surface area (Å²) in [6, 6.07) is 12.9. The Labute approximate surface area is 105 Å². The summed E-state index contributed by atoms with van der Waals surface area (Å²) >= 11 is 0. The van der Waals surface area contributed by atoms with Crippen molar-refractivity contribution in [1.82, 2.24) is 0 Å². The van der Waals surface area contributed by atoms with Gasteiger partial charge in [-0.15, -0.1) is 0 Å². The van der Waals surface area contributed by atoms with Crippen LogP contribution in [0.1, 0.15) is 22.7 Å². The number of nitrogens with two attached hydrogens (primary N) is 1. The van der Waals surface area contributed by atoms with Crippen LogP contribution in [0.4, 0.5) is 0 Å². The summed E-state index contributed by atoms with van der Waals surface area (Å²) in [6.07, 6.45) is 0.767. The summed E-state index contributed by atoms with van der Waals surface area (Å²) in [4.78, 5) is 11.0. The third-order valence-corrected chi connectivity index (χ3v) is 3.49. The monoisotopic (exact) mass is 239 g/mol. The maximum atomic E-state index is 11.0. The Balaban J connectivity index is 2.17. The predicted molar refractivity (Wildman–Crippen MR) is 69.2 cm³/mol. The number of hydrogen-bond acceptors (Lipinski definition) is 2. The van der Waals surface area contributed by atoms with Crippen LogP contribution >= 0.6 is 0 Å². The van der Waals surface area contributed by atoms with Crippen LogP contribution in [0.25, 0.3) is 11.1 Å². The molecular formula is C15H13NO2. The van der Waals surface area contributed by atoms with Crippen molar-refractivity contribution in [3.8, 4) is 11.1 Å². The highest BCUT2D eigenvalue weighted by molar-refractivity contribution is 5.82. The molecule has 0 amide bonds. The van der Waals surface area contributed by atoms with Gasteiger partial charge in [-0.25, -0.2) is 0 Å². The maximum Gasteiger partial charge on any atom is 0.325 e. The number of rotatable bonds is 2. The first-order valence-electron chi connectivity index (χ1n) is 5.87. The van der Waals surface area contributed by atoms with E-state index in [0.717, 1.165) is 23.1 Å². The molecule has 0 fully saturated rings. The number of benzene rings is 2. The number of carboxylic acid groups (broad SMARTS) is 1. The van der Waals surface area contributed by atoms with Gasteiger partial charge in [0.25, 0.3) is 0 Å². The third-order valence-electron chi connectivity index (χ3n) is 3.49. The van der Waals surface area contributed by atoms with Crippen LogP contribution in [0.3, 0.4) is 0 Å². The van der Waals surface area contributed by atoms with Gasteiger partial charge in [-0.1, -0.05) is 42.5 Å². The van der Waals surface area contributed by atoms with Crippen molar-refractivity contribution in [3.05, 3.63) is 59.2 Å². The zero-order chi connectivity index (χ0) is 12.7. The van der Waals surface area contributed by atoms with Crippen LogP contribution in [0.15, 0.2) is 42.5 Å². The van der Waals surface area contributed by atoms with Crippen LogP contribution in [-0.2, 0) is 11.2 Å². The highest BCUT2D eigenvalue weighted by atomic mass is 16.4. The van der Waals surface area contributed by atoms with Crippen molar-refractivity contribution in [2.75, 3.05) is 0 Å². The molecule has 2 aromatic rings. The lowest BCUT2D eigenvalue weighted by molar-refractivity contribution is -0.138. The zero-order valence-electron chi connectivity index (χ0n) is 9.76. The van der Waals surface area contributed by atoms with Gasteiger partial charge in [-0.3, -0.25) is 4.79 Å². The van der Waals surface area contributed by atoms with Crippen molar-refractivity contribution < 1.29 is 9.90 Å². The molecule has 0 radical (unpaired) electrons. The highest BCUT2D eigenvalue weighted by Gasteiger charge is 2.25.